The maximum Gasteiger partial charge on any atom is 0.241 e. The second-order valence-electron chi connectivity index (χ2n) is 5.64. The lowest BCUT2D eigenvalue weighted by molar-refractivity contribution is -0.122. The van der Waals surface area contributed by atoms with E-state index in [0.717, 1.165) is 29.2 Å². The van der Waals surface area contributed by atoms with Crippen molar-refractivity contribution in [1.29, 1.82) is 0 Å². The van der Waals surface area contributed by atoms with Gasteiger partial charge in [0.05, 0.1) is 11.4 Å². The quantitative estimate of drug-likeness (QED) is 0.520. The van der Waals surface area contributed by atoms with Crippen molar-refractivity contribution in [2.24, 2.45) is 0 Å². The van der Waals surface area contributed by atoms with E-state index in [-0.39, 0.29) is 24.1 Å². The number of aromatic nitrogens is 4. The number of thioether (sulfide) groups is 2. The van der Waals surface area contributed by atoms with E-state index in [1.165, 1.54) is 11.8 Å². The molecule has 0 spiro atoms. The molecule has 138 valence electrons. The van der Waals surface area contributed by atoms with Gasteiger partial charge in [-0.15, -0.1) is 0 Å². The Balaban J connectivity index is 1.65. The molecule has 0 saturated heterocycles. The summed E-state index contributed by atoms with van der Waals surface area (Å²) in [4.78, 5) is 32.6. The molecule has 3 rings (SSSR count). The molecule has 26 heavy (non-hydrogen) atoms. The number of hydrogen-bond acceptors (Lipinski definition) is 7. The minimum absolute atomic E-state index is 0.0994. The van der Waals surface area contributed by atoms with Crippen molar-refractivity contribution in [1.82, 2.24) is 25.1 Å². The third-order valence-electron chi connectivity index (χ3n) is 3.62. The molecular formula is C16H20N6O2S2. The first-order valence-electron chi connectivity index (χ1n) is 8.30. The molecule has 0 fully saturated rings. The molecule has 2 amide bonds. The van der Waals surface area contributed by atoms with Gasteiger partial charge in [0.15, 0.2) is 5.16 Å². The Labute approximate surface area is 159 Å². The van der Waals surface area contributed by atoms with E-state index < -0.39 is 0 Å². The number of carbonyl (C=O) groups excluding carboxylic acids is 2. The zero-order chi connectivity index (χ0) is 18.4. The van der Waals surface area contributed by atoms with Crippen molar-refractivity contribution in [2.75, 3.05) is 17.6 Å². The number of hydrogen-bond donors (Lipinski definition) is 2. The molecule has 2 aromatic rings. The average molecular weight is 393 g/mol. The molecule has 2 aromatic heterocycles. The topological polar surface area (TPSA) is 102 Å². The van der Waals surface area contributed by atoms with Crippen LogP contribution in [0.2, 0.25) is 0 Å². The highest BCUT2D eigenvalue weighted by molar-refractivity contribution is 7.99. The number of amides is 2. The van der Waals surface area contributed by atoms with E-state index in [0.29, 0.717) is 17.5 Å². The lowest BCUT2D eigenvalue weighted by Crippen LogP contribution is -2.29. The van der Waals surface area contributed by atoms with Crippen LogP contribution in [0.1, 0.15) is 24.6 Å². The summed E-state index contributed by atoms with van der Waals surface area (Å²) in [6.07, 6.45) is 4.16. The molecule has 1 aliphatic rings. The highest BCUT2D eigenvalue weighted by Gasteiger charge is 2.24. The van der Waals surface area contributed by atoms with E-state index in [1.54, 1.807) is 34.9 Å². The molecule has 0 bridgehead atoms. The fourth-order valence-electron chi connectivity index (χ4n) is 2.43. The Morgan fingerprint density at radius 3 is 2.85 bits per heavy atom. The van der Waals surface area contributed by atoms with Crippen LogP contribution in [0.4, 0.5) is 5.82 Å². The number of nitrogens with one attached hydrogen (secondary N) is 2. The van der Waals surface area contributed by atoms with Crippen molar-refractivity contribution in [2.45, 2.75) is 36.6 Å². The van der Waals surface area contributed by atoms with Crippen LogP contribution in [0.15, 0.2) is 23.6 Å². The number of rotatable bonds is 8. The Morgan fingerprint density at radius 2 is 2.08 bits per heavy atom. The molecule has 0 aliphatic carbocycles. The average Bonchev–Trinajstić information content (AvgIpc) is 3.22. The van der Waals surface area contributed by atoms with Crippen LogP contribution >= 0.6 is 23.5 Å². The Hall–Kier alpha value is -2.07. The van der Waals surface area contributed by atoms with Gasteiger partial charge in [-0.1, -0.05) is 18.7 Å². The van der Waals surface area contributed by atoms with E-state index in [2.05, 4.69) is 25.7 Å². The molecular weight excluding hydrogens is 372 g/mol. The summed E-state index contributed by atoms with van der Waals surface area (Å²) in [5.41, 5.74) is 1.94. The van der Waals surface area contributed by atoms with Gasteiger partial charge in [-0.25, -0.2) is 14.6 Å². The SMILES string of the molecule is CCCNC(=O)Cn1nc2c(c1NC(=O)CSc1ncccn1)CSC2. The van der Waals surface area contributed by atoms with Crippen molar-refractivity contribution < 1.29 is 9.59 Å². The van der Waals surface area contributed by atoms with Gasteiger partial charge in [0, 0.05) is 36.0 Å². The fourth-order valence-corrected chi connectivity index (χ4v) is 4.07. The first-order chi connectivity index (χ1) is 12.7. The molecule has 0 atom stereocenters. The third kappa shape index (κ3) is 4.76. The number of nitrogens with zero attached hydrogens (tertiary/aromatic N) is 4. The molecule has 0 radical (unpaired) electrons. The smallest absolute Gasteiger partial charge is 0.241 e. The normalized spacial score (nSPS) is 12.7. The van der Waals surface area contributed by atoms with Crippen LogP contribution in [0.3, 0.4) is 0 Å². The minimum atomic E-state index is -0.169. The standard InChI is InChI=1S/C16H20N6O2S2/c1-2-4-17-13(23)7-22-15(11-8-25-9-12(11)21-22)20-14(24)10-26-16-18-5-3-6-19-16/h3,5-6H,2,4,7-10H2,1H3,(H,17,23)(H,20,24). The third-order valence-corrected chi connectivity index (χ3v) is 5.46. The summed E-state index contributed by atoms with van der Waals surface area (Å²) in [5, 5.41) is 10.8. The van der Waals surface area contributed by atoms with Crippen LogP contribution in [-0.2, 0) is 27.6 Å². The zero-order valence-corrected chi connectivity index (χ0v) is 16.0. The number of anilines is 1. The van der Waals surface area contributed by atoms with Crippen molar-refractivity contribution in [3.05, 3.63) is 29.7 Å². The monoisotopic (exact) mass is 392 g/mol. The molecule has 0 unspecified atom stereocenters. The minimum Gasteiger partial charge on any atom is -0.355 e. The van der Waals surface area contributed by atoms with Gasteiger partial charge in [-0.3, -0.25) is 9.59 Å². The van der Waals surface area contributed by atoms with Gasteiger partial charge in [0.25, 0.3) is 0 Å². The number of fused-ring (bicyclic) bond motifs is 1. The van der Waals surface area contributed by atoms with E-state index in [1.807, 2.05) is 6.92 Å². The van der Waals surface area contributed by atoms with Gasteiger partial charge >= 0.3 is 0 Å². The molecule has 0 aromatic carbocycles. The predicted molar refractivity (Wildman–Crippen MR) is 102 cm³/mol. The number of carbonyl (C=O) groups is 2. The largest absolute Gasteiger partial charge is 0.355 e. The second-order valence-corrected chi connectivity index (χ2v) is 7.57. The van der Waals surface area contributed by atoms with Crippen LogP contribution in [0.25, 0.3) is 0 Å². The van der Waals surface area contributed by atoms with Crippen molar-refractivity contribution in [3.63, 3.8) is 0 Å². The molecule has 1 aliphatic heterocycles. The van der Waals surface area contributed by atoms with Gasteiger partial charge in [0.2, 0.25) is 11.8 Å². The van der Waals surface area contributed by atoms with Gasteiger partial charge in [-0.05, 0) is 12.5 Å². The highest BCUT2D eigenvalue weighted by Crippen LogP contribution is 2.34. The highest BCUT2D eigenvalue weighted by atomic mass is 32.2. The molecule has 2 N–H and O–H groups in total. The second kappa shape index (κ2) is 9.04. The van der Waals surface area contributed by atoms with Crippen LogP contribution in [0, 0.1) is 0 Å². The summed E-state index contributed by atoms with van der Waals surface area (Å²) < 4.78 is 1.59. The molecule has 8 nitrogen and oxygen atoms in total. The molecule has 3 heterocycles. The van der Waals surface area contributed by atoms with Gasteiger partial charge < -0.3 is 10.6 Å². The van der Waals surface area contributed by atoms with E-state index in [9.17, 15) is 9.59 Å². The first-order valence-corrected chi connectivity index (χ1v) is 10.4. The van der Waals surface area contributed by atoms with Crippen LogP contribution < -0.4 is 10.6 Å². The van der Waals surface area contributed by atoms with Crippen molar-refractivity contribution in [3.8, 4) is 0 Å². The summed E-state index contributed by atoms with van der Waals surface area (Å²) in [7, 11) is 0. The summed E-state index contributed by atoms with van der Waals surface area (Å²) in [6, 6.07) is 1.73. The maximum atomic E-state index is 12.4. The maximum absolute atomic E-state index is 12.4. The van der Waals surface area contributed by atoms with Crippen LogP contribution in [0.5, 0.6) is 0 Å². The molecule has 0 saturated carbocycles. The zero-order valence-electron chi connectivity index (χ0n) is 14.4. The molecule has 10 heteroatoms. The lowest BCUT2D eigenvalue weighted by atomic mass is 10.3. The van der Waals surface area contributed by atoms with E-state index >= 15 is 0 Å². The lowest BCUT2D eigenvalue weighted by Gasteiger charge is -2.11. The van der Waals surface area contributed by atoms with Crippen molar-refractivity contribution >= 4 is 41.2 Å². The summed E-state index contributed by atoms with van der Waals surface area (Å²) >= 11 is 3.02. The van der Waals surface area contributed by atoms with Crippen LogP contribution in [-0.4, -0.2) is 43.9 Å². The Kier molecular flexibility index (Phi) is 6.51. The van der Waals surface area contributed by atoms with E-state index in [4.69, 9.17) is 0 Å². The fraction of sp³-hybridized carbons (Fsp3) is 0.438. The Bertz CT molecular complexity index is 781. The Morgan fingerprint density at radius 1 is 1.27 bits per heavy atom. The van der Waals surface area contributed by atoms with Gasteiger partial charge in [0.1, 0.15) is 12.4 Å². The summed E-state index contributed by atoms with van der Waals surface area (Å²) in [6.45, 7) is 2.73. The summed E-state index contributed by atoms with van der Waals surface area (Å²) in [5.74, 6) is 2.13. The first kappa shape index (κ1) is 18.7. The van der Waals surface area contributed by atoms with Gasteiger partial charge in [-0.2, -0.15) is 16.9 Å². The predicted octanol–water partition coefficient (Wildman–Crippen LogP) is 1.68.